The summed E-state index contributed by atoms with van der Waals surface area (Å²) in [5.74, 6) is -0.0128. The largest absolute Gasteiger partial charge is 0.493 e. The van der Waals surface area contributed by atoms with E-state index in [0.29, 0.717) is 11.3 Å². The number of hydrogen-bond donors (Lipinski definition) is 1. The van der Waals surface area contributed by atoms with Crippen molar-refractivity contribution in [3.05, 3.63) is 72.1 Å². The van der Waals surface area contributed by atoms with Gasteiger partial charge in [0.1, 0.15) is 0 Å². The van der Waals surface area contributed by atoms with E-state index in [-0.39, 0.29) is 16.5 Å². The third-order valence-corrected chi connectivity index (χ3v) is 5.61. The van der Waals surface area contributed by atoms with Crippen molar-refractivity contribution < 1.29 is 17.9 Å². The first-order valence-electron chi connectivity index (χ1n) is 8.81. The van der Waals surface area contributed by atoms with Crippen LogP contribution in [0.4, 0.5) is 0 Å². The molecule has 152 valence electrons. The van der Waals surface area contributed by atoms with E-state index in [1.54, 1.807) is 37.0 Å². The maximum absolute atomic E-state index is 13.1. The highest BCUT2D eigenvalue weighted by atomic mass is 32.2. The molecule has 1 aromatic heterocycles. The number of hydrogen-bond acceptors (Lipinski definition) is 5. The molecule has 9 heteroatoms. The number of benzene rings is 2. The molecule has 0 aliphatic heterocycles. The van der Waals surface area contributed by atoms with Gasteiger partial charge in [-0.1, -0.05) is 30.3 Å². The number of carbonyl (C=O) groups is 1. The molecule has 0 spiro atoms. The van der Waals surface area contributed by atoms with Crippen LogP contribution in [0.2, 0.25) is 0 Å². The van der Waals surface area contributed by atoms with Crippen LogP contribution in [0, 0.1) is 0 Å². The standard InChI is InChI=1S/C20H22N4O4S/c1-14(15-8-7-11-17(12-15)29(21,26)27)23(2)20(25)19-18(28-3)13-24(22-19)16-9-5-4-6-10-16/h4-14H,1-3H3,(H2,21,26,27). The maximum Gasteiger partial charge on any atom is 0.278 e. The highest BCUT2D eigenvalue weighted by molar-refractivity contribution is 7.89. The molecule has 3 rings (SSSR count). The number of ether oxygens (including phenoxy) is 1. The molecule has 1 heterocycles. The molecule has 0 aliphatic rings. The normalized spacial score (nSPS) is 12.4. The Morgan fingerprint density at radius 3 is 2.48 bits per heavy atom. The number of rotatable bonds is 6. The highest BCUT2D eigenvalue weighted by Gasteiger charge is 2.26. The Hall–Kier alpha value is -3.17. The number of carbonyl (C=O) groups excluding carboxylic acids is 1. The maximum atomic E-state index is 13.1. The Balaban J connectivity index is 1.91. The summed E-state index contributed by atoms with van der Waals surface area (Å²) in [5.41, 5.74) is 1.59. The van der Waals surface area contributed by atoms with E-state index >= 15 is 0 Å². The van der Waals surface area contributed by atoms with Crippen molar-refractivity contribution in [1.82, 2.24) is 14.7 Å². The molecule has 1 atom stereocenters. The van der Waals surface area contributed by atoms with E-state index in [0.717, 1.165) is 5.69 Å². The zero-order valence-electron chi connectivity index (χ0n) is 16.3. The lowest BCUT2D eigenvalue weighted by Gasteiger charge is -2.25. The molecule has 8 nitrogen and oxygen atoms in total. The fraction of sp³-hybridized carbons (Fsp3) is 0.200. The summed E-state index contributed by atoms with van der Waals surface area (Å²) in [6.07, 6.45) is 1.64. The fourth-order valence-electron chi connectivity index (χ4n) is 2.89. The first-order chi connectivity index (χ1) is 13.7. The summed E-state index contributed by atoms with van der Waals surface area (Å²) in [5, 5.41) is 9.60. The number of amides is 1. The van der Waals surface area contributed by atoms with Gasteiger partial charge >= 0.3 is 0 Å². The van der Waals surface area contributed by atoms with Crippen molar-refractivity contribution in [2.45, 2.75) is 17.9 Å². The molecule has 0 radical (unpaired) electrons. The van der Waals surface area contributed by atoms with Crippen LogP contribution in [0.1, 0.15) is 29.0 Å². The van der Waals surface area contributed by atoms with Gasteiger partial charge in [-0.15, -0.1) is 0 Å². The lowest BCUT2D eigenvalue weighted by molar-refractivity contribution is 0.0732. The molecule has 2 N–H and O–H groups in total. The average molecular weight is 414 g/mol. The summed E-state index contributed by atoms with van der Waals surface area (Å²) < 4.78 is 30.2. The first kappa shape index (κ1) is 20.6. The predicted molar refractivity (Wildman–Crippen MR) is 108 cm³/mol. The van der Waals surface area contributed by atoms with Crippen molar-refractivity contribution in [2.75, 3.05) is 14.2 Å². The van der Waals surface area contributed by atoms with E-state index in [2.05, 4.69) is 5.10 Å². The monoisotopic (exact) mass is 414 g/mol. The minimum atomic E-state index is -3.83. The number of methoxy groups -OCH3 is 1. The molecule has 0 saturated heterocycles. The summed E-state index contributed by atoms with van der Waals surface area (Å²) >= 11 is 0. The van der Waals surface area contributed by atoms with Gasteiger partial charge in [0, 0.05) is 7.05 Å². The van der Waals surface area contributed by atoms with E-state index in [1.807, 2.05) is 30.3 Å². The van der Waals surface area contributed by atoms with Crippen LogP contribution in [0.3, 0.4) is 0 Å². The van der Waals surface area contributed by atoms with Gasteiger partial charge in [0.15, 0.2) is 11.4 Å². The van der Waals surface area contributed by atoms with E-state index < -0.39 is 16.1 Å². The second-order valence-corrected chi connectivity index (χ2v) is 8.10. The number of para-hydroxylation sites is 1. The van der Waals surface area contributed by atoms with Gasteiger partial charge < -0.3 is 9.64 Å². The quantitative estimate of drug-likeness (QED) is 0.666. The van der Waals surface area contributed by atoms with Gasteiger partial charge in [-0.25, -0.2) is 18.2 Å². The Bertz CT molecular complexity index is 1130. The van der Waals surface area contributed by atoms with Crippen molar-refractivity contribution >= 4 is 15.9 Å². The zero-order valence-corrected chi connectivity index (χ0v) is 17.1. The van der Waals surface area contributed by atoms with Gasteiger partial charge in [0.25, 0.3) is 5.91 Å². The topological polar surface area (TPSA) is 108 Å². The second kappa shape index (κ2) is 8.06. The Morgan fingerprint density at radius 1 is 1.17 bits per heavy atom. The Kier molecular flexibility index (Phi) is 5.71. The highest BCUT2D eigenvalue weighted by Crippen LogP contribution is 2.26. The number of sulfonamides is 1. The van der Waals surface area contributed by atoms with Crippen LogP contribution in [0.25, 0.3) is 5.69 Å². The molecular formula is C20H22N4O4S. The smallest absolute Gasteiger partial charge is 0.278 e. The molecule has 0 aliphatic carbocycles. The summed E-state index contributed by atoms with van der Waals surface area (Å²) in [4.78, 5) is 14.6. The molecule has 1 unspecified atom stereocenters. The minimum Gasteiger partial charge on any atom is -0.493 e. The molecule has 0 fully saturated rings. The molecule has 0 saturated carbocycles. The number of nitrogens with two attached hydrogens (primary N) is 1. The second-order valence-electron chi connectivity index (χ2n) is 6.54. The Morgan fingerprint density at radius 2 is 1.86 bits per heavy atom. The fourth-order valence-corrected chi connectivity index (χ4v) is 3.46. The van der Waals surface area contributed by atoms with Crippen LogP contribution in [-0.2, 0) is 10.0 Å². The summed E-state index contributed by atoms with van der Waals surface area (Å²) in [6.45, 7) is 1.79. The molecule has 29 heavy (non-hydrogen) atoms. The van der Waals surface area contributed by atoms with Gasteiger partial charge in [-0.2, -0.15) is 5.10 Å². The van der Waals surface area contributed by atoms with Crippen molar-refractivity contribution in [3.63, 3.8) is 0 Å². The first-order valence-corrected chi connectivity index (χ1v) is 10.4. The van der Waals surface area contributed by atoms with Crippen LogP contribution < -0.4 is 9.88 Å². The SMILES string of the molecule is COc1cn(-c2ccccc2)nc1C(=O)N(C)C(C)c1cccc(S(N)(=O)=O)c1. The van der Waals surface area contributed by atoms with Gasteiger partial charge in [-0.3, -0.25) is 4.79 Å². The van der Waals surface area contributed by atoms with Crippen LogP contribution >= 0.6 is 0 Å². The molecular weight excluding hydrogens is 392 g/mol. The zero-order chi connectivity index (χ0) is 21.2. The molecule has 0 bridgehead atoms. The molecule has 1 amide bonds. The number of nitrogens with zero attached hydrogens (tertiary/aromatic N) is 3. The molecule has 3 aromatic rings. The van der Waals surface area contributed by atoms with Crippen LogP contribution in [0.15, 0.2) is 65.7 Å². The minimum absolute atomic E-state index is 0.00589. The lowest BCUT2D eigenvalue weighted by atomic mass is 10.1. The number of primary sulfonamides is 1. The third-order valence-electron chi connectivity index (χ3n) is 4.69. The van der Waals surface area contributed by atoms with Gasteiger partial charge in [-0.05, 0) is 36.8 Å². The summed E-state index contributed by atoms with van der Waals surface area (Å²) in [6, 6.07) is 15.2. The Labute approximate surface area is 169 Å². The van der Waals surface area contributed by atoms with Gasteiger partial charge in [0.2, 0.25) is 10.0 Å². The third kappa shape index (κ3) is 4.30. The van der Waals surface area contributed by atoms with Crippen molar-refractivity contribution in [1.29, 1.82) is 0 Å². The van der Waals surface area contributed by atoms with Crippen LogP contribution in [0.5, 0.6) is 5.75 Å². The summed E-state index contributed by atoms with van der Waals surface area (Å²) in [7, 11) is -0.737. The van der Waals surface area contributed by atoms with Crippen molar-refractivity contribution in [3.8, 4) is 11.4 Å². The van der Waals surface area contributed by atoms with Gasteiger partial charge in [0.05, 0.1) is 29.9 Å². The average Bonchev–Trinajstić information content (AvgIpc) is 3.16. The van der Waals surface area contributed by atoms with E-state index in [4.69, 9.17) is 9.88 Å². The lowest BCUT2D eigenvalue weighted by Crippen LogP contribution is -2.30. The van der Waals surface area contributed by atoms with E-state index in [9.17, 15) is 13.2 Å². The van der Waals surface area contributed by atoms with Crippen molar-refractivity contribution in [2.24, 2.45) is 5.14 Å². The predicted octanol–water partition coefficient (Wildman–Crippen LogP) is 2.36. The molecule has 2 aromatic carbocycles. The van der Waals surface area contributed by atoms with E-state index in [1.165, 1.54) is 24.1 Å². The number of aromatic nitrogens is 2. The van der Waals surface area contributed by atoms with Crippen LogP contribution in [-0.4, -0.2) is 43.2 Å².